The average Bonchev–Trinajstić information content (AvgIpc) is 2.68. The van der Waals surface area contributed by atoms with E-state index in [4.69, 9.17) is 16.3 Å². The fourth-order valence-corrected chi connectivity index (χ4v) is 4.07. The normalized spacial score (nSPS) is 11.8. The molecule has 1 amide bonds. The third kappa shape index (κ3) is 5.38. The van der Waals surface area contributed by atoms with E-state index in [2.05, 4.69) is 21.2 Å². The Morgan fingerprint density at radius 3 is 2.55 bits per heavy atom. The molecule has 0 spiro atoms. The quantitative estimate of drug-likeness (QED) is 0.473. The highest BCUT2D eigenvalue weighted by Crippen LogP contribution is 2.32. The van der Waals surface area contributed by atoms with Crippen LogP contribution in [0.1, 0.15) is 28.4 Å². The van der Waals surface area contributed by atoms with E-state index in [9.17, 15) is 9.90 Å². The molecule has 1 atom stereocenters. The minimum Gasteiger partial charge on any atom is -0.482 e. The molecule has 4 nitrogen and oxygen atoms in total. The van der Waals surface area contributed by atoms with Gasteiger partial charge in [0.15, 0.2) is 6.61 Å². The van der Waals surface area contributed by atoms with Crippen LogP contribution in [0.15, 0.2) is 65.1 Å². The summed E-state index contributed by atoms with van der Waals surface area (Å²) in [6.07, 6.45) is -0.917. The number of anilines is 1. The molecule has 0 aliphatic carbocycles. The zero-order valence-corrected chi connectivity index (χ0v) is 18.4. The molecule has 3 rings (SSSR count). The van der Waals surface area contributed by atoms with Gasteiger partial charge in [-0.1, -0.05) is 48.0 Å². The number of halogens is 2. The summed E-state index contributed by atoms with van der Waals surface area (Å²) in [5.41, 5.74) is 3.76. The minimum absolute atomic E-state index is 0.161. The van der Waals surface area contributed by atoms with Crippen molar-refractivity contribution >= 4 is 39.1 Å². The number of benzene rings is 3. The van der Waals surface area contributed by atoms with Crippen LogP contribution >= 0.6 is 27.5 Å². The second-order valence-electron chi connectivity index (χ2n) is 6.77. The monoisotopic (exact) mass is 473 g/mol. The first-order chi connectivity index (χ1) is 13.8. The maximum atomic E-state index is 12.5. The van der Waals surface area contributed by atoms with E-state index < -0.39 is 6.10 Å². The van der Waals surface area contributed by atoms with Crippen LogP contribution in [0.3, 0.4) is 0 Å². The van der Waals surface area contributed by atoms with Gasteiger partial charge in [0, 0.05) is 16.3 Å². The number of aryl methyl sites for hydroxylation is 2. The number of ether oxygens (including phenoxy) is 1. The van der Waals surface area contributed by atoms with Gasteiger partial charge in [-0.05, 0) is 70.7 Å². The molecule has 3 aromatic carbocycles. The fraction of sp³-hybridized carbons (Fsp3) is 0.174. The van der Waals surface area contributed by atoms with Crippen LogP contribution < -0.4 is 10.1 Å². The summed E-state index contributed by atoms with van der Waals surface area (Å²) in [6, 6.07) is 18.1. The van der Waals surface area contributed by atoms with E-state index in [1.54, 1.807) is 18.2 Å². The maximum Gasteiger partial charge on any atom is 0.262 e. The van der Waals surface area contributed by atoms with E-state index in [1.165, 1.54) is 0 Å². The Morgan fingerprint density at radius 1 is 1.14 bits per heavy atom. The molecule has 0 bridgehead atoms. The summed E-state index contributed by atoms with van der Waals surface area (Å²) < 4.78 is 6.52. The van der Waals surface area contributed by atoms with Gasteiger partial charge in [0.2, 0.25) is 0 Å². The zero-order chi connectivity index (χ0) is 21.0. The molecule has 6 heteroatoms. The van der Waals surface area contributed by atoms with Gasteiger partial charge in [0.1, 0.15) is 11.9 Å². The number of hydrogen-bond acceptors (Lipinski definition) is 3. The van der Waals surface area contributed by atoms with Crippen molar-refractivity contribution in [3.05, 3.63) is 92.4 Å². The molecule has 0 aliphatic rings. The fourth-order valence-electron chi connectivity index (χ4n) is 3.10. The summed E-state index contributed by atoms with van der Waals surface area (Å²) in [5, 5.41) is 14.1. The molecular weight excluding hydrogens is 454 g/mol. The van der Waals surface area contributed by atoms with Crippen LogP contribution in [-0.4, -0.2) is 17.6 Å². The average molecular weight is 475 g/mol. The molecule has 0 aromatic heterocycles. The molecule has 0 unspecified atom stereocenters. The van der Waals surface area contributed by atoms with E-state index >= 15 is 0 Å². The van der Waals surface area contributed by atoms with Gasteiger partial charge in [-0.15, -0.1) is 0 Å². The van der Waals surface area contributed by atoms with Crippen molar-refractivity contribution in [3.8, 4) is 5.75 Å². The first-order valence-corrected chi connectivity index (χ1v) is 10.2. The number of hydrogen-bond donors (Lipinski definition) is 2. The lowest BCUT2D eigenvalue weighted by atomic mass is 10.00. The summed E-state index contributed by atoms with van der Waals surface area (Å²) in [4.78, 5) is 12.5. The number of nitrogens with one attached hydrogen (secondary N) is 1. The Morgan fingerprint density at radius 2 is 1.86 bits per heavy atom. The van der Waals surface area contributed by atoms with Crippen LogP contribution in [0.2, 0.25) is 5.02 Å². The smallest absolute Gasteiger partial charge is 0.262 e. The lowest BCUT2D eigenvalue weighted by molar-refractivity contribution is -0.118. The van der Waals surface area contributed by atoms with Gasteiger partial charge in [-0.3, -0.25) is 4.79 Å². The SMILES string of the molecule is Cc1cc(C)c(OCC(=O)Nc2ccc(Cl)cc2[C@@H](O)c2ccccc2)c(Br)c1. The Balaban J connectivity index is 1.76. The highest BCUT2D eigenvalue weighted by molar-refractivity contribution is 9.10. The van der Waals surface area contributed by atoms with Crippen molar-refractivity contribution in [2.24, 2.45) is 0 Å². The molecule has 0 heterocycles. The highest BCUT2D eigenvalue weighted by Gasteiger charge is 2.17. The molecule has 0 saturated heterocycles. The van der Waals surface area contributed by atoms with Gasteiger partial charge in [-0.25, -0.2) is 0 Å². The Hall–Kier alpha value is -2.34. The second kappa shape index (κ2) is 9.44. The first-order valence-electron chi connectivity index (χ1n) is 9.07. The van der Waals surface area contributed by atoms with Gasteiger partial charge in [0.25, 0.3) is 5.91 Å². The van der Waals surface area contributed by atoms with Gasteiger partial charge in [0.05, 0.1) is 4.47 Å². The third-order valence-electron chi connectivity index (χ3n) is 4.42. The Bertz CT molecular complexity index is 1000. The molecular formula is C23H21BrClNO3. The molecule has 0 aliphatic heterocycles. The van der Waals surface area contributed by atoms with E-state index in [0.29, 0.717) is 27.6 Å². The molecule has 150 valence electrons. The maximum absolute atomic E-state index is 12.5. The molecule has 29 heavy (non-hydrogen) atoms. The minimum atomic E-state index is -0.917. The van der Waals surface area contributed by atoms with Crippen molar-refractivity contribution in [3.63, 3.8) is 0 Å². The molecule has 0 fully saturated rings. The highest BCUT2D eigenvalue weighted by atomic mass is 79.9. The van der Waals surface area contributed by atoms with E-state index in [1.807, 2.05) is 56.3 Å². The van der Waals surface area contributed by atoms with Crippen molar-refractivity contribution in [2.75, 3.05) is 11.9 Å². The van der Waals surface area contributed by atoms with Crippen LogP contribution in [0, 0.1) is 13.8 Å². The van der Waals surface area contributed by atoms with Gasteiger partial charge in [-0.2, -0.15) is 0 Å². The van der Waals surface area contributed by atoms with Crippen molar-refractivity contribution < 1.29 is 14.6 Å². The van der Waals surface area contributed by atoms with Crippen molar-refractivity contribution in [2.45, 2.75) is 20.0 Å². The number of amides is 1. The van der Waals surface area contributed by atoms with Crippen molar-refractivity contribution in [1.29, 1.82) is 0 Å². The van der Waals surface area contributed by atoms with E-state index in [-0.39, 0.29) is 12.5 Å². The second-order valence-corrected chi connectivity index (χ2v) is 8.07. The van der Waals surface area contributed by atoms with E-state index in [0.717, 1.165) is 15.6 Å². The zero-order valence-electron chi connectivity index (χ0n) is 16.1. The van der Waals surface area contributed by atoms with Gasteiger partial charge >= 0.3 is 0 Å². The number of rotatable bonds is 6. The molecule has 2 N–H and O–H groups in total. The molecule has 3 aromatic rings. The summed E-state index contributed by atoms with van der Waals surface area (Å²) >= 11 is 9.59. The molecule has 0 radical (unpaired) electrons. The summed E-state index contributed by atoms with van der Waals surface area (Å²) in [7, 11) is 0. The van der Waals surface area contributed by atoms with Crippen LogP contribution in [0.25, 0.3) is 0 Å². The predicted molar refractivity (Wildman–Crippen MR) is 120 cm³/mol. The lowest BCUT2D eigenvalue weighted by Crippen LogP contribution is -2.22. The first kappa shape index (κ1) is 21.4. The largest absolute Gasteiger partial charge is 0.482 e. The van der Waals surface area contributed by atoms with Crippen LogP contribution in [0.5, 0.6) is 5.75 Å². The lowest BCUT2D eigenvalue weighted by Gasteiger charge is -2.18. The number of aliphatic hydroxyl groups excluding tert-OH is 1. The van der Waals surface area contributed by atoms with Crippen LogP contribution in [0.4, 0.5) is 5.69 Å². The standard InChI is InChI=1S/C23H21BrClNO3/c1-14-10-15(2)23(19(24)11-14)29-13-21(27)26-20-9-8-17(25)12-18(20)22(28)16-6-4-3-5-7-16/h3-12,22,28H,13H2,1-2H3,(H,26,27)/t22-/m0/s1. The molecule has 0 saturated carbocycles. The summed E-state index contributed by atoms with van der Waals surface area (Å²) in [6.45, 7) is 3.76. The number of carbonyl (C=O) groups excluding carboxylic acids is 1. The Labute approximate surface area is 183 Å². The van der Waals surface area contributed by atoms with Crippen molar-refractivity contribution in [1.82, 2.24) is 0 Å². The van der Waals surface area contributed by atoms with Gasteiger partial charge < -0.3 is 15.2 Å². The predicted octanol–water partition coefficient (Wildman–Crippen LogP) is 5.82. The Kier molecular flexibility index (Phi) is 6.96. The third-order valence-corrected chi connectivity index (χ3v) is 5.24. The van der Waals surface area contributed by atoms with Crippen LogP contribution in [-0.2, 0) is 4.79 Å². The topological polar surface area (TPSA) is 58.6 Å². The number of aliphatic hydroxyl groups is 1. The number of carbonyl (C=O) groups is 1. The summed E-state index contributed by atoms with van der Waals surface area (Å²) in [5.74, 6) is 0.298.